The Hall–Kier alpha value is -0.0500. The fourth-order valence-corrected chi connectivity index (χ4v) is 4.48. The molecule has 1 N–H and O–H groups in total. The average Bonchev–Trinajstić information content (AvgIpc) is 2.62. The Morgan fingerprint density at radius 3 is 2.89 bits per heavy atom. The maximum Gasteiger partial charge on any atom is 0.0931 e. The summed E-state index contributed by atoms with van der Waals surface area (Å²) in [6.45, 7) is 4.54. The molecule has 0 radical (unpaired) electrons. The summed E-state index contributed by atoms with van der Waals surface area (Å²) in [6, 6.07) is 3.98. The SMILES string of the molecule is CC(C)CC1CCCC(O)(Cc2ccc(Cl)s2)C1. The molecule has 2 rings (SSSR count). The van der Waals surface area contributed by atoms with Crippen LogP contribution >= 0.6 is 22.9 Å². The van der Waals surface area contributed by atoms with Gasteiger partial charge in [-0.1, -0.05) is 38.3 Å². The molecule has 1 aromatic rings. The molecule has 0 aromatic carbocycles. The Balaban J connectivity index is 1.97. The van der Waals surface area contributed by atoms with Crippen molar-refractivity contribution in [2.75, 3.05) is 0 Å². The zero-order chi connectivity index (χ0) is 13.2. The maximum atomic E-state index is 10.8. The second-order valence-electron chi connectivity index (χ2n) is 6.20. The van der Waals surface area contributed by atoms with Crippen LogP contribution in [0.4, 0.5) is 0 Å². The Morgan fingerprint density at radius 2 is 2.28 bits per heavy atom. The van der Waals surface area contributed by atoms with Gasteiger partial charge in [0, 0.05) is 11.3 Å². The smallest absolute Gasteiger partial charge is 0.0931 e. The van der Waals surface area contributed by atoms with Gasteiger partial charge in [-0.15, -0.1) is 11.3 Å². The van der Waals surface area contributed by atoms with Crippen LogP contribution in [0.15, 0.2) is 12.1 Å². The molecule has 0 aliphatic heterocycles. The Morgan fingerprint density at radius 1 is 1.50 bits per heavy atom. The van der Waals surface area contributed by atoms with Gasteiger partial charge in [0.2, 0.25) is 0 Å². The van der Waals surface area contributed by atoms with Crippen LogP contribution in [0.25, 0.3) is 0 Å². The number of aliphatic hydroxyl groups is 1. The van der Waals surface area contributed by atoms with E-state index in [0.29, 0.717) is 5.92 Å². The summed E-state index contributed by atoms with van der Waals surface area (Å²) in [5, 5.41) is 10.8. The highest BCUT2D eigenvalue weighted by Gasteiger charge is 2.34. The molecule has 1 saturated carbocycles. The quantitative estimate of drug-likeness (QED) is 0.834. The van der Waals surface area contributed by atoms with E-state index in [1.54, 1.807) is 11.3 Å². The number of hydrogen-bond donors (Lipinski definition) is 1. The minimum absolute atomic E-state index is 0.494. The van der Waals surface area contributed by atoms with Crippen LogP contribution in [0, 0.1) is 11.8 Å². The number of thiophene rings is 1. The summed E-state index contributed by atoms with van der Waals surface area (Å²) in [5.41, 5.74) is -0.494. The van der Waals surface area contributed by atoms with Gasteiger partial charge in [0.1, 0.15) is 0 Å². The third-order valence-electron chi connectivity index (χ3n) is 3.86. The first-order valence-electron chi connectivity index (χ1n) is 6.93. The van der Waals surface area contributed by atoms with E-state index in [9.17, 15) is 5.11 Å². The number of rotatable bonds is 4. The summed E-state index contributed by atoms with van der Waals surface area (Å²) in [4.78, 5) is 1.22. The predicted octanol–water partition coefficient (Wildman–Crippen LogP) is 4.91. The van der Waals surface area contributed by atoms with Gasteiger partial charge in [0.15, 0.2) is 0 Å². The molecule has 1 nitrogen and oxygen atoms in total. The lowest BCUT2D eigenvalue weighted by Crippen LogP contribution is -2.37. The molecule has 18 heavy (non-hydrogen) atoms. The lowest BCUT2D eigenvalue weighted by molar-refractivity contribution is -0.0183. The van der Waals surface area contributed by atoms with E-state index in [-0.39, 0.29) is 0 Å². The summed E-state index contributed by atoms with van der Waals surface area (Å²) < 4.78 is 0.822. The van der Waals surface area contributed by atoms with E-state index in [1.165, 1.54) is 17.7 Å². The first kappa shape index (κ1) is 14.4. The zero-order valence-corrected chi connectivity index (χ0v) is 12.9. The van der Waals surface area contributed by atoms with Crippen LogP contribution in [0.1, 0.15) is 50.8 Å². The lowest BCUT2D eigenvalue weighted by Gasteiger charge is -2.37. The fourth-order valence-electron chi connectivity index (χ4n) is 3.26. The molecule has 1 aliphatic rings. The van der Waals surface area contributed by atoms with Crippen molar-refractivity contribution in [1.29, 1.82) is 0 Å². The fraction of sp³-hybridized carbons (Fsp3) is 0.733. The normalized spacial score (nSPS) is 28.8. The number of halogens is 1. The lowest BCUT2D eigenvalue weighted by atomic mass is 9.73. The van der Waals surface area contributed by atoms with Crippen molar-refractivity contribution in [3.8, 4) is 0 Å². The van der Waals surface area contributed by atoms with E-state index in [2.05, 4.69) is 19.9 Å². The molecule has 1 heterocycles. The van der Waals surface area contributed by atoms with E-state index in [0.717, 1.165) is 35.9 Å². The monoisotopic (exact) mass is 286 g/mol. The van der Waals surface area contributed by atoms with Crippen LogP contribution in [0.3, 0.4) is 0 Å². The highest BCUT2D eigenvalue weighted by atomic mass is 35.5. The van der Waals surface area contributed by atoms with Crippen LogP contribution in [0.2, 0.25) is 4.34 Å². The Kier molecular flexibility index (Phi) is 4.74. The first-order chi connectivity index (χ1) is 8.47. The molecule has 0 bridgehead atoms. The minimum Gasteiger partial charge on any atom is -0.390 e. The number of hydrogen-bond acceptors (Lipinski definition) is 2. The van der Waals surface area contributed by atoms with Crippen molar-refractivity contribution in [3.63, 3.8) is 0 Å². The van der Waals surface area contributed by atoms with Crippen LogP contribution in [-0.2, 0) is 6.42 Å². The first-order valence-corrected chi connectivity index (χ1v) is 8.13. The molecule has 3 heteroatoms. The van der Waals surface area contributed by atoms with Crippen molar-refractivity contribution in [2.24, 2.45) is 11.8 Å². The summed E-state index contributed by atoms with van der Waals surface area (Å²) in [6.07, 6.45) is 6.36. The topological polar surface area (TPSA) is 20.2 Å². The largest absolute Gasteiger partial charge is 0.390 e. The summed E-state index contributed by atoms with van der Waals surface area (Å²) in [7, 11) is 0. The van der Waals surface area contributed by atoms with Gasteiger partial charge in [-0.05, 0) is 43.2 Å². The van der Waals surface area contributed by atoms with Gasteiger partial charge in [-0.2, -0.15) is 0 Å². The molecule has 0 amide bonds. The molecule has 2 unspecified atom stereocenters. The van der Waals surface area contributed by atoms with Gasteiger partial charge in [0.25, 0.3) is 0 Å². The second-order valence-corrected chi connectivity index (χ2v) is 8.00. The van der Waals surface area contributed by atoms with Gasteiger partial charge >= 0.3 is 0 Å². The van der Waals surface area contributed by atoms with Crippen LogP contribution in [0.5, 0.6) is 0 Å². The molecule has 0 saturated heterocycles. The molecule has 0 spiro atoms. The van der Waals surface area contributed by atoms with Crippen molar-refractivity contribution in [3.05, 3.63) is 21.3 Å². The van der Waals surface area contributed by atoms with Crippen molar-refractivity contribution in [2.45, 2.75) is 58.0 Å². The second kappa shape index (κ2) is 5.94. The highest BCUT2D eigenvalue weighted by molar-refractivity contribution is 7.16. The van der Waals surface area contributed by atoms with Crippen LogP contribution < -0.4 is 0 Å². The van der Waals surface area contributed by atoms with Crippen LogP contribution in [-0.4, -0.2) is 10.7 Å². The molecule has 1 fully saturated rings. The molecule has 1 aromatic heterocycles. The van der Waals surface area contributed by atoms with Gasteiger partial charge in [-0.3, -0.25) is 0 Å². The van der Waals surface area contributed by atoms with Crippen molar-refractivity contribution < 1.29 is 5.11 Å². The van der Waals surface area contributed by atoms with E-state index < -0.39 is 5.60 Å². The van der Waals surface area contributed by atoms with E-state index in [4.69, 9.17) is 11.6 Å². The average molecular weight is 287 g/mol. The zero-order valence-electron chi connectivity index (χ0n) is 11.3. The van der Waals surface area contributed by atoms with Gasteiger partial charge in [-0.25, -0.2) is 0 Å². The molecule has 1 aliphatic carbocycles. The summed E-state index contributed by atoms with van der Waals surface area (Å²) in [5.74, 6) is 1.42. The predicted molar refractivity (Wildman–Crippen MR) is 79.4 cm³/mol. The Bertz CT molecular complexity index is 388. The van der Waals surface area contributed by atoms with Gasteiger partial charge < -0.3 is 5.11 Å². The Labute approximate surface area is 119 Å². The third-order valence-corrected chi connectivity index (χ3v) is 5.09. The standard InChI is InChI=1S/C15H23ClOS/c1-11(2)8-12-4-3-7-15(17,9-12)10-13-5-6-14(16)18-13/h5-6,11-12,17H,3-4,7-10H2,1-2H3. The summed E-state index contributed by atoms with van der Waals surface area (Å²) >= 11 is 7.56. The van der Waals surface area contributed by atoms with E-state index >= 15 is 0 Å². The molecular formula is C15H23ClOS. The highest BCUT2D eigenvalue weighted by Crippen LogP contribution is 2.39. The van der Waals surface area contributed by atoms with Crippen molar-refractivity contribution >= 4 is 22.9 Å². The maximum absolute atomic E-state index is 10.8. The van der Waals surface area contributed by atoms with Gasteiger partial charge in [0.05, 0.1) is 9.94 Å². The molecular weight excluding hydrogens is 264 g/mol. The van der Waals surface area contributed by atoms with E-state index in [1.807, 2.05) is 6.07 Å². The molecule has 2 atom stereocenters. The minimum atomic E-state index is -0.494. The molecule has 102 valence electrons. The van der Waals surface area contributed by atoms with Crippen molar-refractivity contribution in [1.82, 2.24) is 0 Å². The third kappa shape index (κ3) is 3.97.